The highest BCUT2D eigenvalue weighted by Crippen LogP contribution is 2.26. The van der Waals surface area contributed by atoms with Crippen LogP contribution >= 0.6 is 0 Å². The Labute approximate surface area is 207 Å². The van der Waals surface area contributed by atoms with E-state index in [0.717, 1.165) is 48.8 Å². The minimum absolute atomic E-state index is 0.0904. The molecule has 35 heavy (non-hydrogen) atoms. The van der Waals surface area contributed by atoms with E-state index in [1.54, 1.807) is 18.2 Å². The monoisotopic (exact) mass is 475 g/mol. The molecule has 1 aromatic heterocycles. The first-order valence-corrected chi connectivity index (χ1v) is 12.5. The quantitative estimate of drug-likeness (QED) is 0.510. The van der Waals surface area contributed by atoms with Crippen molar-refractivity contribution in [3.63, 3.8) is 0 Å². The normalized spacial score (nSPS) is 22.8. The molecule has 5 rings (SSSR count). The van der Waals surface area contributed by atoms with Gasteiger partial charge in [0.1, 0.15) is 6.04 Å². The number of aliphatic hydroxyl groups is 1. The average molecular weight is 476 g/mol. The van der Waals surface area contributed by atoms with E-state index < -0.39 is 6.04 Å². The van der Waals surface area contributed by atoms with E-state index in [0.29, 0.717) is 30.7 Å². The van der Waals surface area contributed by atoms with Crippen molar-refractivity contribution in [2.75, 3.05) is 26.2 Å². The van der Waals surface area contributed by atoms with E-state index in [-0.39, 0.29) is 24.0 Å². The molecule has 184 valence electrons. The van der Waals surface area contributed by atoms with Gasteiger partial charge in [0.05, 0.1) is 7.47 Å². The maximum atomic E-state index is 13.7. The summed E-state index contributed by atoms with van der Waals surface area (Å²) in [5, 5.41) is 13.9. The van der Waals surface area contributed by atoms with E-state index >= 15 is 0 Å². The molecule has 2 fully saturated rings. The number of aliphatic hydroxyl groups excluding tert-OH is 1. The lowest BCUT2D eigenvalue weighted by molar-refractivity contribution is -0.135. The van der Waals surface area contributed by atoms with Gasteiger partial charge in [0.2, 0.25) is 5.91 Å². The van der Waals surface area contributed by atoms with Crippen molar-refractivity contribution in [2.45, 2.75) is 44.4 Å². The molecule has 0 bridgehead atoms. The van der Waals surface area contributed by atoms with E-state index in [1.165, 1.54) is 0 Å². The number of likely N-dealkylation sites (tertiary alicyclic amines) is 2. The standard InChI is InChI=1S/C28H34N4O3/c1-19-25(33)12-16-32(19)18-20-10-14-31(15-11-20)28(35)26(22-5-3-2-4-6-22)30-27(34)23-8-7-21-9-13-29-24(21)17-23/h2-9,13,17,19-20,25-26,29,33H,10-12,14-16,18H2,1H3,(H,30,34)/t19-,25?,26?/m0/s1/i13D. The molecule has 0 spiro atoms. The average Bonchev–Trinajstić information content (AvgIpc) is 3.43. The molecule has 0 saturated carbocycles. The van der Waals surface area contributed by atoms with Crippen LogP contribution in [0.15, 0.2) is 60.8 Å². The van der Waals surface area contributed by atoms with Gasteiger partial charge in [-0.25, -0.2) is 0 Å². The zero-order valence-electron chi connectivity index (χ0n) is 21.1. The predicted octanol–water partition coefficient (Wildman–Crippen LogP) is 3.33. The molecule has 2 amide bonds. The summed E-state index contributed by atoms with van der Waals surface area (Å²) in [6, 6.07) is 15.8. The maximum absolute atomic E-state index is 13.7. The van der Waals surface area contributed by atoms with Gasteiger partial charge >= 0.3 is 0 Å². The number of nitrogens with one attached hydrogen (secondary N) is 2. The minimum atomic E-state index is -0.768. The lowest BCUT2D eigenvalue weighted by Gasteiger charge is -2.36. The largest absolute Gasteiger partial charge is 0.391 e. The Morgan fingerprint density at radius 3 is 2.60 bits per heavy atom. The van der Waals surface area contributed by atoms with Gasteiger partial charge in [0.25, 0.3) is 5.91 Å². The molecule has 2 aliphatic rings. The zero-order valence-corrected chi connectivity index (χ0v) is 20.1. The van der Waals surface area contributed by atoms with Crippen LogP contribution in [0, 0.1) is 5.92 Å². The van der Waals surface area contributed by atoms with Crippen LogP contribution in [-0.4, -0.2) is 70.0 Å². The minimum Gasteiger partial charge on any atom is -0.391 e. The number of benzene rings is 2. The molecule has 3 aromatic rings. The number of fused-ring (bicyclic) bond motifs is 1. The Morgan fingerprint density at radius 2 is 1.89 bits per heavy atom. The van der Waals surface area contributed by atoms with Gasteiger partial charge in [-0.05, 0) is 61.3 Å². The second-order valence-electron chi connectivity index (χ2n) is 9.89. The summed E-state index contributed by atoms with van der Waals surface area (Å²) in [4.78, 5) is 34.0. The summed E-state index contributed by atoms with van der Waals surface area (Å²) in [6.07, 6.45) is 2.71. The number of rotatable bonds is 6. The summed E-state index contributed by atoms with van der Waals surface area (Å²) < 4.78 is 7.77. The van der Waals surface area contributed by atoms with Gasteiger partial charge in [-0.2, -0.15) is 0 Å². The third kappa shape index (κ3) is 5.11. The molecule has 3 heterocycles. The van der Waals surface area contributed by atoms with Gasteiger partial charge in [-0.15, -0.1) is 0 Å². The second-order valence-corrected chi connectivity index (χ2v) is 9.89. The molecule has 0 radical (unpaired) electrons. The summed E-state index contributed by atoms with van der Waals surface area (Å²) in [7, 11) is 0. The van der Waals surface area contributed by atoms with Crippen molar-refractivity contribution < 1.29 is 16.1 Å². The first-order valence-electron chi connectivity index (χ1n) is 13.0. The highest BCUT2D eigenvalue weighted by molar-refractivity contribution is 6.00. The highest BCUT2D eigenvalue weighted by atomic mass is 16.3. The van der Waals surface area contributed by atoms with Gasteiger partial charge in [0, 0.05) is 49.5 Å². The third-order valence-electron chi connectivity index (χ3n) is 7.67. The number of aromatic amines is 1. The Kier molecular flexibility index (Phi) is 6.51. The number of nitrogens with zero attached hydrogens (tertiary/aromatic N) is 2. The second kappa shape index (κ2) is 10.2. The molecule has 2 aromatic carbocycles. The molecule has 3 N–H and O–H groups in total. The number of H-pyrrole nitrogens is 1. The Bertz CT molecular complexity index is 1220. The number of hydrogen-bond acceptors (Lipinski definition) is 4. The van der Waals surface area contributed by atoms with Crippen molar-refractivity contribution in [2.24, 2.45) is 5.92 Å². The first-order chi connectivity index (χ1) is 17.4. The number of carbonyl (C=O) groups is 2. The lowest BCUT2D eigenvalue weighted by atomic mass is 9.94. The molecular formula is C28H34N4O3. The van der Waals surface area contributed by atoms with Gasteiger partial charge in [-0.1, -0.05) is 36.4 Å². The van der Waals surface area contributed by atoms with Crippen LogP contribution in [0.2, 0.25) is 0 Å². The van der Waals surface area contributed by atoms with Crippen LogP contribution in [0.25, 0.3) is 10.9 Å². The first kappa shape index (κ1) is 22.3. The summed E-state index contributed by atoms with van der Waals surface area (Å²) >= 11 is 0. The third-order valence-corrected chi connectivity index (χ3v) is 7.67. The number of amides is 2. The van der Waals surface area contributed by atoms with E-state index in [4.69, 9.17) is 1.37 Å². The SMILES string of the molecule is [2H]c1cc2ccc(C(=O)NC(C(=O)N3CCC(CN4CCC(O)[C@@H]4C)CC3)c3ccccc3)cc2[nH]1. The van der Waals surface area contributed by atoms with Crippen molar-refractivity contribution >= 4 is 22.7 Å². The topological polar surface area (TPSA) is 88.7 Å². The molecule has 2 unspecified atom stereocenters. The Morgan fingerprint density at radius 1 is 1.11 bits per heavy atom. The number of carbonyl (C=O) groups excluding carboxylic acids is 2. The molecule has 7 nitrogen and oxygen atoms in total. The van der Waals surface area contributed by atoms with Crippen LogP contribution in [0.3, 0.4) is 0 Å². The molecule has 3 atom stereocenters. The fraction of sp³-hybridized carbons (Fsp3) is 0.429. The molecular weight excluding hydrogens is 440 g/mol. The van der Waals surface area contributed by atoms with Crippen molar-refractivity contribution in [1.29, 1.82) is 0 Å². The van der Waals surface area contributed by atoms with Crippen LogP contribution in [0.1, 0.15) is 49.5 Å². The molecule has 0 aliphatic carbocycles. The van der Waals surface area contributed by atoms with Crippen LogP contribution in [-0.2, 0) is 4.79 Å². The Balaban J connectivity index is 1.27. The predicted molar refractivity (Wildman–Crippen MR) is 136 cm³/mol. The van der Waals surface area contributed by atoms with Gasteiger partial charge in [-0.3, -0.25) is 14.5 Å². The van der Waals surface area contributed by atoms with Crippen molar-refractivity contribution in [3.8, 4) is 0 Å². The van der Waals surface area contributed by atoms with Crippen LogP contribution in [0.5, 0.6) is 0 Å². The zero-order chi connectivity index (χ0) is 25.2. The highest BCUT2D eigenvalue weighted by Gasteiger charge is 2.34. The maximum Gasteiger partial charge on any atom is 0.252 e. The van der Waals surface area contributed by atoms with E-state index in [1.807, 2.05) is 41.3 Å². The summed E-state index contributed by atoms with van der Waals surface area (Å²) in [5.41, 5.74) is 1.92. The van der Waals surface area contributed by atoms with Crippen LogP contribution < -0.4 is 5.32 Å². The molecule has 2 aliphatic heterocycles. The number of hydrogen-bond donors (Lipinski definition) is 3. The molecule has 2 saturated heterocycles. The van der Waals surface area contributed by atoms with Gasteiger partial charge < -0.3 is 20.3 Å². The van der Waals surface area contributed by atoms with Crippen molar-refractivity contribution in [1.82, 2.24) is 20.1 Å². The number of aromatic nitrogens is 1. The van der Waals surface area contributed by atoms with Gasteiger partial charge in [0.15, 0.2) is 0 Å². The lowest BCUT2D eigenvalue weighted by Crippen LogP contribution is -2.47. The fourth-order valence-corrected chi connectivity index (χ4v) is 5.36. The smallest absolute Gasteiger partial charge is 0.252 e. The molecule has 7 heteroatoms. The number of piperidine rings is 1. The van der Waals surface area contributed by atoms with Crippen LogP contribution in [0.4, 0.5) is 0 Å². The fourth-order valence-electron chi connectivity index (χ4n) is 5.36. The van der Waals surface area contributed by atoms with E-state index in [2.05, 4.69) is 22.1 Å². The van der Waals surface area contributed by atoms with Crippen molar-refractivity contribution in [3.05, 3.63) is 71.9 Å². The Hall–Kier alpha value is -3.16. The summed E-state index contributed by atoms with van der Waals surface area (Å²) in [5.74, 6) is 0.0880. The van der Waals surface area contributed by atoms with E-state index in [9.17, 15) is 14.7 Å². The summed E-state index contributed by atoms with van der Waals surface area (Å²) in [6.45, 7) is 5.30.